The molecule has 0 atom stereocenters. The molecule has 2 aromatic heterocycles. The second kappa shape index (κ2) is 7.36. The van der Waals surface area contributed by atoms with E-state index in [0.717, 1.165) is 31.0 Å². The van der Waals surface area contributed by atoms with Crippen LogP contribution in [-0.4, -0.2) is 44.6 Å². The number of hydrogen-bond donors (Lipinski definition) is 2. The van der Waals surface area contributed by atoms with Gasteiger partial charge in [0.05, 0.1) is 7.11 Å². The van der Waals surface area contributed by atoms with E-state index < -0.39 is 0 Å². The summed E-state index contributed by atoms with van der Waals surface area (Å²) in [5.41, 5.74) is 0. The first-order chi connectivity index (χ1) is 11.3. The summed E-state index contributed by atoms with van der Waals surface area (Å²) in [6.45, 7) is 1.45. The van der Waals surface area contributed by atoms with Gasteiger partial charge >= 0.3 is 6.03 Å². The summed E-state index contributed by atoms with van der Waals surface area (Å²) in [7, 11) is 1.51. The predicted molar refractivity (Wildman–Crippen MR) is 84.8 cm³/mol. The first-order valence-electron chi connectivity index (χ1n) is 7.59. The van der Waals surface area contributed by atoms with Crippen LogP contribution in [0.1, 0.15) is 30.9 Å². The highest BCUT2D eigenvalue weighted by Gasteiger charge is 2.14. The maximum absolute atomic E-state index is 11.8. The van der Waals surface area contributed by atoms with Gasteiger partial charge in [0.25, 0.3) is 5.19 Å². The molecule has 0 saturated heterocycles. The number of carbonyl (C=O) groups excluding carboxylic acids is 1. The summed E-state index contributed by atoms with van der Waals surface area (Å²) in [6, 6.07) is -0.320. The fourth-order valence-corrected chi connectivity index (χ4v) is 3.06. The molecule has 3 rings (SSSR count). The van der Waals surface area contributed by atoms with Crippen LogP contribution >= 0.6 is 11.3 Å². The number of rotatable bonds is 5. The number of anilines is 1. The molecule has 0 fully saturated rings. The van der Waals surface area contributed by atoms with Crippen molar-refractivity contribution in [3.8, 4) is 5.19 Å². The third-order valence-electron chi connectivity index (χ3n) is 3.62. The lowest BCUT2D eigenvalue weighted by atomic mass is 10.2. The molecule has 2 aromatic rings. The van der Waals surface area contributed by atoms with Gasteiger partial charge in [0.1, 0.15) is 11.6 Å². The third-order valence-corrected chi connectivity index (χ3v) is 4.42. The Morgan fingerprint density at radius 3 is 3.00 bits per heavy atom. The number of aryl methyl sites for hydroxylation is 1. The number of amides is 2. The summed E-state index contributed by atoms with van der Waals surface area (Å²) in [6.07, 6.45) is 5.20. The number of carbonyl (C=O) groups is 1. The Bertz CT molecular complexity index is 669. The molecule has 0 radical (unpaired) electrons. The first kappa shape index (κ1) is 15.7. The molecule has 3 heterocycles. The molecule has 0 saturated carbocycles. The van der Waals surface area contributed by atoms with Gasteiger partial charge in [0.15, 0.2) is 0 Å². The molecule has 124 valence electrons. The van der Waals surface area contributed by atoms with E-state index >= 15 is 0 Å². The summed E-state index contributed by atoms with van der Waals surface area (Å²) >= 11 is 1.17. The van der Waals surface area contributed by atoms with E-state index in [4.69, 9.17) is 4.74 Å². The molecule has 0 spiro atoms. The Morgan fingerprint density at radius 1 is 1.26 bits per heavy atom. The van der Waals surface area contributed by atoms with Crippen molar-refractivity contribution in [1.29, 1.82) is 0 Å². The molecule has 10 heteroatoms. The van der Waals surface area contributed by atoms with E-state index in [1.807, 2.05) is 0 Å². The number of urea groups is 1. The Kier molecular flexibility index (Phi) is 5.01. The molecule has 1 aliphatic rings. The quantitative estimate of drug-likeness (QED) is 0.850. The van der Waals surface area contributed by atoms with Gasteiger partial charge in [0.2, 0.25) is 5.13 Å². The monoisotopic (exact) mass is 337 g/mol. The highest BCUT2D eigenvalue weighted by molar-refractivity contribution is 7.17. The third kappa shape index (κ3) is 3.95. The standard InChI is InChI=1S/C13H19N7O2S/c1-22-13-19-18-12(23-13)15-11(21)14-7-6-10-17-16-9-5-3-2-4-8-20(9)10/h2-8H2,1H3,(H2,14,15,18,21). The summed E-state index contributed by atoms with van der Waals surface area (Å²) in [5, 5.41) is 22.2. The maximum atomic E-state index is 11.8. The zero-order valence-electron chi connectivity index (χ0n) is 12.9. The summed E-state index contributed by atoms with van der Waals surface area (Å²) in [5.74, 6) is 1.99. The highest BCUT2D eigenvalue weighted by atomic mass is 32.1. The average molecular weight is 337 g/mol. The van der Waals surface area contributed by atoms with Gasteiger partial charge in [-0.15, -0.1) is 15.3 Å². The molecule has 0 bridgehead atoms. The molecule has 2 amide bonds. The number of ether oxygens (including phenoxy) is 1. The van der Waals surface area contributed by atoms with Gasteiger partial charge in [-0.1, -0.05) is 11.5 Å². The van der Waals surface area contributed by atoms with Crippen LogP contribution in [0.4, 0.5) is 9.93 Å². The van der Waals surface area contributed by atoms with E-state index in [1.54, 1.807) is 0 Å². The Balaban J connectivity index is 1.47. The van der Waals surface area contributed by atoms with Gasteiger partial charge in [-0.25, -0.2) is 4.79 Å². The first-order valence-corrected chi connectivity index (χ1v) is 8.41. The van der Waals surface area contributed by atoms with Crippen molar-refractivity contribution in [2.45, 2.75) is 38.6 Å². The molecular weight excluding hydrogens is 318 g/mol. The minimum absolute atomic E-state index is 0.320. The van der Waals surface area contributed by atoms with Crippen molar-refractivity contribution in [1.82, 2.24) is 30.3 Å². The van der Waals surface area contributed by atoms with Crippen molar-refractivity contribution in [2.24, 2.45) is 0 Å². The second-order valence-electron chi connectivity index (χ2n) is 5.20. The fraction of sp³-hybridized carbons (Fsp3) is 0.615. The SMILES string of the molecule is COc1nnc(NC(=O)NCCc2nnc3n2CCCCC3)s1. The van der Waals surface area contributed by atoms with Crippen molar-refractivity contribution in [3.63, 3.8) is 0 Å². The van der Waals surface area contributed by atoms with Crippen molar-refractivity contribution < 1.29 is 9.53 Å². The van der Waals surface area contributed by atoms with Crippen LogP contribution in [0.5, 0.6) is 5.19 Å². The smallest absolute Gasteiger partial charge is 0.321 e. The van der Waals surface area contributed by atoms with Crippen molar-refractivity contribution >= 4 is 22.5 Å². The number of hydrogen-bond acceptors (Lipinski definition) is 7. The Labute approximate surface area is 137 Å². The Morgan fingerprint density at radius 2 is 2.17 bits per heavy atom. The number of nitrogens with zero attached hydrogens (tertiary/aromatic N) is 5. The van der Waals surface area contributed by atoms with Crippen molar-refractivity contribution in [3.05, 3.63) is 11.6 Å². The average Bonchev–Trinajstić information content (AvgIpc) is 3.08. The summed E-state index contributed by atoms with van der Waals surface area (Å²) < 4.78 is 7.11. The van der Waals surface area contributed by atoms with Crippen LogP contribution in [0, 0.1) is 0 Å². The minimum atomic E-state index is -0.320. The van der Waals surface area contributed by atoms with E-state index in [9.17, 15) is 4.79 Å². The Hall–Kier alpha value is -2.23. The van der Waals surface area contributed by atoms with E-state index in [2.05, 4.69) is 35.6 Å². The molecule has 0 aromatic carbocycles. The zero-order chi connectivity index (χ0) is 16.1. The van der Waals surface area contributed by atoms with E-state index in [0.29, 0.717) is 23.3 Å². The van der Waals surface area contributed by atoms with Crippen LogP contribution in [0.2, 0.25) is 0 Å². The van der Waals surface area contributed by atoms with Crippen LogP contribution in [0.25, 0.3) is 0 Å². The molecule has 1 aliphatic heterocycles. The molecule has 23 heavy (non-hydrogen) atoms. The van der Waals surface area contributed by atoms with E-state index in [1.165, 1.54) is 31.3 Å². The lowest BCUT2D eigenvalue weighted by Crippen LogP contribution is -2.31. The minimum Gasteiger partial charge on any atom is -0.472 e. The van der Waals surface area contributed by atoms with Crippen LogP contribution in [0.15, 0.2) is 0 Å². The topological polar surface area (TPSA) is 107 Å². The summed E-state index contributed by atoms with van der Waals surface area (Å²) in [4.78, 5) is 11.8. The van der Waals surface area contributed by atoms with Gasteiger partial charge in [-0.05, 0) is 24.2 Å². The fourth-order valence-electron chi connectivity index (χ4n) is 2.50. The number of fused-ring (bicyclic) bond motifs is 1. The largest absolute Gasteiger partial charge is 0.472 e. The highest BCUT2D eigenvalue weighted by Crippen LogP contribution is 2.21. The van der Waals surface area contributed by atoms with E-state index in [-0.39, 0.29) is 6.03 Å². The molecular formula is C13H19N7O2S. The van der Waals surface area contributed by atoms with Gasteiger partial charge in [-0.3, -0.25) is 5.32 Å². The lowest BCUT2D eigenvalue weighted by Gasteiger charge is -2.07. The normalized spacial score (nSPS) is 14.0. The molecule has 9 nitrogen and oxygen atoms in total. The number of methoxy groups -OCH3 is 1. The van der Waals surface area contributed by atoms with Crippen LogP contribution in [0.3, 0.4) is 0 Å². The number of nitrogens with one attached hydrogen (secondary N) is 2. The molecule has 2 N–H and O–H groups in total. The second-order valence-corrected chi connectivity index (χ2v) is 6.14. The zero-order valence-corrected chi connectivity index (χ0v) is 13.7. The van der Waals surface area contributed by atoms with Gasteiger partial charge in [-0.2, -0.15) is 0 Å². The predicted octanol–water partition coefficient (Wildman–Crippen LogP) is 1.23. The maximum Gasteiger partial charge on any atom is 0.321 e. The number of aromatic nitrogens is 5. The molecule has 0 aliphatic carbocycles. The van der Waals surface area contributed by atoms with Gasteiger partial charge < -0.3 is 14.6 Å². The van der Waals surface area contributed by atoms with Gasteiger partial charge in [0, 0.05) is 25.9 Å². The van der Waals surface area contributed by atoms with Crippen LogP contribution in [-0.2, 0) is 19.4 Å². The lowest BCUT2D eigenvalue weighted by molar-refractivity contribution is 0.252. The van der Waals surface area contributed by atoms with Crippen LogP contribution < -0.4 is 15.4 Å². The van der Waals surface area contributed by atoms with Crippen molar-refractivity contribution in [2.75, 3.05) is 19.0 Å². The molecule has 0 unspecified atom stereocenters.